The third kappa shape index (κ3) is 5.03. The highest BCUT2D eigenvalue weighted by atomic mass is 35.5. The molecule has 3 heterocycles. The number of hydrogen-bond donors (Lipinski definition) is 2. The van der Waals surface area contributed by atoms with Crippen molar-refractivity contribution in [3.8, 4) is 0 Å². The Morgan fingerprint density at radius 2 is 1.83 bits per heavy atom. The molecule has 0 radical (unpaired) electrons. The molecule has 222 valence electrons. The first-order valence-electron chi connectivity index (χ1n) is 14.9. The number of hydrogen-bond acceptors (Lipinski definition) is 4. The summed E-state index contributed by atoms with van der Waals surface area (Å²) in [6, 6.07) is 12.0. The lowest BCUT2D eigenvalue weighted by molar-refractivity contribution is -0.141. The topological polar surface area (TPSA) is 87.7 Å². The van der Waals surface area contributed by atoms with E-state index in [-0.39, 0.29) is 23.8 Å². The van der Waals surface area contributed by atoms with E-state index in [1.165, 1.54) is 0 Å². The average molecular weight is 611 g/mol. The van der Waals surface area contributed by atoms with E-state index in [4.69, 9.17) is 27.9 Å². The molecular formula is C33H37Cl2N3O4. The number of likely N-dealkylation sites (tertiary alicyclic amines) is 1. The van der Waals surface area contributed by atoms with Crippen molar-refractivity contribution in [3.05, 3.63) is 75.8 Å². The van der Waals surface area contributed by atoms with Crippen LogP contribution in [0.2, 0.25) is 10.0 Å². The van der Waals surface area contributed by atoms with Crippen molar-refractivity contribution in [2.24, 2.45) is 23.7 Å². The summed E-state index contributed by atoms with van der Waals surface area (Å²) in [6.07, 6.45) is 6.74. The molecule has 3 fully saturated rings. The summed E-state index contributed by atoms with van der Waals surface area (Å²) in [5.74, 6) is -1.52. The summed E-state index contributed by atoms with van der Waals surface area (Å²) in [4.78, 5) is 43.8. The molecule has 1 saturated carbocycles. The van der Waals surface area contributed by atoms with E-state index < -0.39 is 29.6 Å². The summed E-state index contributed by atoms with van der Waals surface area (Å²) in [5, 5.41) is 7.43. The predicted octanol–water partition coefficient (Wildman–Crippen LogP) is 5.57. The normalized spacial score (nSPS) is 33.1. The minimum Gasteiger partial charge on any atom is -0.359 e. The van der Waals surface area contributed by atoms with Crippen LogP contribution in [0.3, 0.4) is 0 Å². The van der Waals surface area contributed by atoms with Crippen LogP contribution in [-0.4, -0.2) is 53.0 Å². The Kier molecular flexibility index (Phi) is 7.88. The van der Waals surface area contributed by atoms with Crippen LogP contribution >= 0.6 is 23.2 Å². The Morgan fingerprint density at radius 3 is 2.57 bits per heavy atom. The van der Waals surface area contributed by atoms with Gasteiger partial charge in [-0.05, 0) is 67.0 Å². The second-order valence-electron chi connectivity index (χ2n) is 12.4. The number of ether oxygens (including phenoxy) is 1. The molecule has 42 heavy (non-hydrogen) atoms. The van der Waals surface area contributed by atoms with Crippen LogP contribution in [0.25, 0.3) is 0 Å². The van der Waals surface area contributed by atoms with Gasteiger partial charge in [-0.1, -0.05) is 80.2 Å². The second kappa shape index (κ2) is 11.3. The number of rotatable bonds is 7. The van der Waals surface area contributed by atoms with Gasteiger partial charge < -0.3 is 20.3 Å². The molecule has 7 nitrogen and oxygen atoms in total. The Balaban J connectivity index is 1.30. The number of nitrogens with zero attached hydrogens (tertiary/aromatic N) is 1. The lowest BCUT2D eigenvalue weighted by Gasteiger charge is -2.38. The van der Waals surface area contributed by atoms with Gasteiger partial charge in [0.2, 0.25) is 17.7 Å². The monoisotopic (exact) mass is 609 g/mol. The van der Waals surface area contributed by atoms with Crippen LogP contribution in [0.4, 0.5) is 5.69 Å². The van der Waals surface area contributed by atoms with E-state index in [9.17, 15) is 14.4 Å². The molecule has 3 aliphatic heterocycles. The zero-order chi connectivity index (χ0) is 29.8. The molecule has 2 aromatic rings. The van der Waals surface area contributed by atoms with Crippen molar-refractivity contribution < 1.29 is 19.1 Å². The number of nitrogens with one attached hydrogen (secondary N) is 2. The number of anilines is 1. The van der Waals surface area contributed by atoms with Gasteiger partial charge in [0.25, 0.3) is 0 Å². The summed E-state index contributed by atoms with van der Waals surface area (Å²) in [7, 11) is 0. The first-order valence-corrected chi connectivity index (χ1v) is 15.6. The number of amides is 3. The van der Waals surface area contributed by atoms with Crippen LogP contribution in [0.5, 0.6) is 0 Å². The van der Waals surface area contributed by atoms with Crippen molar-refractivity contribution >= 4 is 46.6 Å². The summed E-state index contributed by atoms with van der Waals surface area (Å²) >= 11 is 12.4. The van der Waals surface area contributed by atoms with E-state index in [2.05, 4.69) is 24.5 Å². The molecule has 2 saturated heterocycles. The van der Waals surface area contributed by atoms with Gasteiger partial charge in [-0.2, -0.15) is 0 Å². The lowest BCUT2D eigenvalue weighted by Crippen LogP contribution is -2.58. The van der Waals surface area contributed by atoms with E-state index in [1.807, 2.05) is 49.4 Å². The molecule has 0 unspecified atom stereocenters. The number of benzene rings is 2. The summed E-state index contributed by atoms with van der Waals surface area (Å²) in [6.45, 7) is 6.62. The molecule has 1 spiro atoms. The maximum atomic E-state index is 14.2. The quantitative estimate of drug-likeness (QED) is 0.401. The molecule has 2 aromatic carbocycles. The number of fused-ring (bicyclic) bond motifs is 1. The SMILES string of the molecule is Cc1ccc(NC(=O)[C@@H]2[C@@H]3C=C[C@]4(O3)[C@@H]2C(=O)N(CCc2ccc(Cl)cc2)[C@H]4C(=O)N[C@@H]2CCC[C@H](C)[C@H]2C)cc1Cl. The zero-order valence-electron chi connectivity index (χ0n) is 24.1. The Bertz CT molecular complexity index is 1430. The Morgan fingerprint density at radius 1 is 1.07 bits per heavy atom. The lowest BCUT2D eigenvalue weighted by atomic mass is 9.73. The fraction of sp³-hybridized carbons (Fsp3) is 0.485. The van der Waals surface area contributed by atoms with Crippen LogP contribution in [0.1, 0.15) is 44.2 Å². The average Bonchev–Trinajstić information content (AvgIpc) is 3.60. The van der Waals surface area contributed by atoms with Crippen LogP contribution in [0.15, 0.2) is 54.6 Å². The van der Waals surface area contributed by atoms with Crippen molar-refractivity contribution in [2.75, 3.05) is 11.9 Å². The maximum Gasteiger partial charge on any atom is 0.246 e. The number of halogens is 2. The third-order valence-electron chi connectivity index (χ3n) is 9.95. The molecule has 1 aliphatic carbocycles. The molecule has 6 rings (SSSR count). The van der Waals surface area contributed by atoms with Crippen LogP contribution in [0, 0.1) is 30.6 Å². The first-order chi connectivity index (χ1) is 20.1. The molecule has 4 aliphatic rings. The molecular weight excluding hydrogens is 573 g/mol. The summed E-state index contributed by atoms with van der Waals surface area (Å²) < 4.78 is 6.50. The minimum absolute atomic E-state index is 0.0258. The van der Waals surface area contributed by atoms with Gasteiger partial charge in [0.1, 0.15) is 11.6 Å². The third-order valence-corrected chi connectivity index (χ3v) is 10.6. The highest BCUT2D eigenvalue weighted by Crippen LogP contribution is 2.55. The minimum atomic E-state index is -1.21. The molecule has 2 N–H and O–H groups in total. The Labute approximate surface area is 257 Å². The fourth-order valence-corrected chi connectivity index (χ4v) is 7.66. The largest absolute Gasteiger partial charge is 0.359 e. The smallest absolute Gasteiger partial charge is 0.246 e. The van der Waals surface area contributed by atoms with Crippen molar-refractivity contribution in [1.82, 2.24) is 10.2 Å². The number of carbonyl (C=O) groups excluding carboxylic acids is 3. The molecule has 3 amide bonds. The number of aryl methyl sites for hydroxylation is 1. The van der Waals surface area contributed by atoms with Gasteiger partial charge in [0, 0.05) is 28.3 Å². The number of carbonyl (C=O) groups is 3. The molecule has 8 atom stereocenters. The van der Waals surface area contributed by atoms with Gasteiger partial charge in [0.05, 0.1) is 17.9 Å². The van der Waals surface area contributed by atoms with Crippen LogP contribution < -0.4 is 10.6 Å². The standard InChI is InChI=1S/C33H37Cl2N3O4/c1-18-5-4-6-25(20(18)3)37-31(40)29-33-15-13-26(42-33)27(30(39)36-23-12-7-19(2)24(35)17-23)28(33)32(41)38(29)16-14-21-8-10-22(34)11-9-21/h7-13,15,17-18,20,25-29H,4-6,14,16H2,1-3H3,(H,36,39)(H,37,40)/t18-,20+,25+,26-,27+,28-,29-,33-/m0/s1. The second-order valence-corrected chi connectivity index (χ2v) is 13.3. The molecule has 2 bridgehead atoms. The summed E-state index contributed by atoms with van der Waals surface area (Å²) in [5.41, 5.74) is 1.25. The van der Waals surface area contributed by atoms with Crippen molar-refractivity contribution in [1.29, 1.82) is 0 Å². The Hall–Kier alpha value is -2.87. The van der Waals surface area contributed by atoms with Crippen molar-refractivity contribution in [2.45, 2.75) is 70.2 Å². The zero-order valence-corrected chi connectivity index (χ0v) is 25.6. The van der Waals surface area contributed by atoms with Crippen molar-refractivity contribution in [3.63, 3.8) is 0 Å². The highest BCUT2D eigenvalue weighted by Gasteiger charge is 2.72. The van der Waals surface area contributed by atoms with Gasteiger partial charge in [-0.3, -0.25) is 14.4 Å². The fourth-order valence-electron chi connectivity index (χ4n) is 7.35. The first kappa shape index (κ1) is 29.2. The van der Waals surface area contributed by atoms with E-state index in [0.717, 1.165) is 30.4 Å². The molecule has 9 heteroatoms. The maximum absolute atomic E-state index is 14.2. The van der Waals surface area contributed by atoms with Gasteiger partial charge >= 0.3 is 0 Å². The van der Waals surface area contributed by atoms with E-state index in [1.54, 1.807) is 17.0 Å². The van der Waals surface area contributed by atoms with Gasteiger partial charge in [0.15, 0.2) is 0 Å². The van der Waals surface area contributed by atoms with E-state index in [0.29, 0.717) is 40.5 Å². The highest BCUT2D eigenvalue weighted by molar-refractivity contribution is 6.31. The molecule has 0 aromatic heterocycles. The van der Waals surface area contributed by atoms with Gasteiger partial charge in [-0.25, -0.2) is 0 Å². The van der Waals surface area contributed by atoms with Gasteiger partial charge in [-0.15, -0.1) is 0 Å². The van der Waals surface area contributed by atoms with E-state index >= 15 is 0 Å². The van der Waals surface area contributed by atoms with Crippen LogP contribution in [-0.2, 0) is 25.5 Å². The predicted molar refractivity (Wildman–Crippen MR) is 163 cm³/mol.